The van der Waals surface area contributed by atoms with E-state index in [1.54, 1.807) is 12.4 Å². The predicted molar refractivity (Wildman–Crippen MR) is 159 cm³/mol. The van der Waals surface area contributed by atoms with Crippen LogP contribution in [0.25, 0.3) is 33.5 Å². The van der Waals surface area contributed by atoms with Crippen LogP contribution >= 0.6 is 0 Å². The second kappa shape index (κ2) is 10.2. The Morgan fingerprint density at radius 1 is 0.775 bits per heavy atom. The number of fused-ring (bicyclic) bond motifs is 2. The number of nitrogens with one attached hydrogen (secondary N) is 4. The number of aromatic nitrogens is 6. The molecule has 0 spiro atoms. The van der Waals surface area contributed by atoms with Gasteiger partial charge in [-0.1, -0.05) is 0 Å². The highest BCUT2D eigenvalue weighted by atomic mass is 15.2. The summed E-state index contributed by atoms with van der Waals surface area (Å²) in [6, 6.07) is 18.3. The van der Waals surface area contributed by atoms with Crippen LogP contribution < -0.4 is 20.9 Å². The molecule has 10 nitrogen and oxygen atoms in total. The van der Waals surface area contributed by atoms with Gasteiger partial charge in [-0.2, -0.15) is 0 Å². The number of hydrogen-bond donors (Lipinski definition) is 4. The van der Waals surface area contributed by atoms with Crippen LogP contribution in [0.2, 0.25) is 0 Å². The smallest absolute Gasteiger partial charge is 0.157 e. The third-order valence-corrected chi connectivity index (χ3v) is 7.03. The summed E-state index contributed by atoms with van der Waals surface area (Å²) in [5.74, 6) is 1.46. The first kappa shape index (κ1) is 24.0. The van der Waals surface area contributed by atoms with E-state index in [4.69, 9.17) is 4.98 Å². The Hall–Kier alpha value is -5.09. The van der Waals surface area contributed by atoms with Crippen molar-refractivity contribution >= 4 is 50.6 Å². The number of anilines is 5. The Morgan fingerprint density at radius 2 is 1.68 bits per heavy atom. The highest BCUT2D eigenvalue weighted by Gasteiger charge is 2.13. The molecule has 1 aromatic carbocycles. The zero-order chi connectivity index (χ0) is 26.9. The first-order chi connectivity index (χ1) is 19.7. The van der Waals surface area contributed by atoms with E-state index < -0.39 is 0 Å². The average Bonchev–Trinajstić information content (AvgIpc) is 3.42. The van der Waals surface area contributed by atoms with Crippen molar-refractivity contribution < 1.29 is 0 Å². The van der Waals surface area contributed by atoms with E-state index in [9.17, 15) is 0 Å². The summed E-state index contributed by atoms with van der Waals surface area (Å²) in [6.07, 6.45) is 7.21. The third kappa shape index (κ3) is 4.87. The van der Waals surface area contributed by atoms with E-state index in [0.29, 0.717) is 5.82 Å². The molecule has 0 atom stereocenters. The first-order valence-electron chi connectivity index (χ1n) is 13.3. The van der Waals surface area contributed by atoms with Crippen LogP contribution in [0.15, 0.2) is 79.4 Å². The number of hydrogen-bond acceptors (Lipinski definition) is 9. The van der Waals surface area contributed by atoms with E-state index in [-0.39, 0.29) is 0 Å². The van der Waals surface area contributed by atoms with Gasteiger partial charge in [0.25, 0.3) is 0 Å². The van der Waals surface area contributed by atoms with Crippen LogP contribution in [-0.2, 0) is 0 Å². The van der Waals surface area contributed by atoms with Crippen molar-refractivity contribution in [2.24, 2.45) is 0 Å². The molecule has 0 aliphatic carbocycles. The van der Waals surface area contributed by atoms with Crippen molar-refractivity contribution in [2.75, 3.05) is 41.7 Å². The molecule has 5 aromatic heterocycles. The summed E-state index contributed by atoms with van der Waals surface area (Å²) < 4.78 is 0. The Morgan fingerprint density at radius 3 is 2.52 bits per heavy atom. The molecule has 6 heterocycles. The van der Waals surface area contributed by atoms with Gasteiger partial charge in [-0.05, 0) is 61.5 Å². The summed E-state index contributed by atoms with van der Waals surface area (Å²) in [5, 5.41) is 11.3. The molecule has 4 N–H and O–H groups in total. The van der Waals surface area contributed by atoms with Gasteiger partial charge in [0.15, 0.2) is 5.65 Å². The number of pyridine rings is 4. The average molecular weight is 529 g/mol. The first-order valence-corrected chi connectivity index (χ1v) is 13.3. The van der Waals surface area contributed by atoms with Gasteiger partial charge in [-0.25, -0.2) is 15.0 Å². The summed E-state index contributed by atoms with van der Waals surface area (Å²) in [4.78, 5) is 28.5. The number of aryl methyl sites for hydroxylation is 1. The van der Waals surface area contributed by atoms with Crippen molar-refractivity contribution in [3.05, 3.63) is 85.1 Å². The van der Waals surface area contributed by atoms with E-state index in [1.807, 2.05) is 55.7 Å². The Labute approximate surface area is 231 Å². The molecule has 7 rings (SSSR count). The second-order valence-electron chi connectivity index (χ2n) is 9.84. The minimum atomic E-state index is 0.716. The molecule has 1 fully saturated rings. The molecule has 1 aliphatic heterocycles. The van der Waals surface area contributed by atoms with Gasteiger partial charge >= 0.3 is 0 Å². The predicted octanol–water partition coefficient (Wildman–Crippen LogP) is 5.17. The molecular weight excluding hydrogens is 500 g/mol. The van der Waals surface area contributed by atoms with Gasteiger partial charge in [0.1, 0.15) is 17.2 Å². The number of H-pyrrole nitrogens is 1. The Kier molecular flexibility index (Phi) is 6.14. The molecule has 0 saturated carbocycles. The molecule has 40 heavy (non-hydrogen) atoms. The van der Waals surface area contributed by atoms with Crippen LogP contribution in [0.1, 0.15) is 5.69 Å². The maximum atomic E-state index is 4.76. The summed E-state index contributed by atoms with van der Waals surface area (Å²) in [5.41, 5.74) is 8.27. The minimum absolute atomic E-state index is 0.716. The van der Waals surface area contributed by atoms with E-state index >= 15 is 0 Å². The van der Waals surface area contributed by atoms with Crippen molar-refractivity contribution in [2.45, 2.75) is 6.92 Å². The maximum absolute atomic E-state index is 4.76. The molecule has 0 bridgehead atoms. The van der Waals surface area contributed by atoms with Crippen molar-refractivity contribution in [3.63, 3.8) is 0 Å². The molecule has 198 valence electrons. The van der Waals surface area contributed by atoms with Gasteiger partial charge < -0.3 is 25.8 Å². The van der Waals surface area contributed by atoms with E-state index in [1.165, 1.54) is 5.69 Å². The minimum Gasteiger partial charge on any atom is -0.369 e. The number of nitrogens with zero attached hydrogens (tertiary/aromatic N) is 6. The number of aromatic amines is 1. The third-order valence-electron chi connectivity index (χ3n) is 7.03. The monoisotopic (exact) mass is 528 g/mol. The molecule has 10 heteroatoms. The van der Waals surface area contributed by atoms with E-state index in [0.717, 1.165) is 82.4 Å². The topological polar surface area (TPSA) is 120 Å². The fourth-order valence-electron chi connectivity index (χ4n) is 5.00. The van der Waals surface area contributed by atoms with Crippen LogP contribution in [-0.4, -0.2) is 56.1 Å². The van der Waals surface area contributed by atoms with Crippen molar-refractivity contribution in [1.82, 2.24) is 35.2 Å². The van der Waals surface area contributed by atoms with Gasteiger partial charge in [0.2, 0.25) is 0 Å². The molecule has 1 saturated heterocycles. The number of rotatable bonds is 6. The number of imidazole rings is 1. The van der Waals surface area contributed by atoms with Crippen molar-refractivity contribution in [3.8, 4) is 11.4 Å². The lowest BCUT2D eigenvalue weighted by molar-refractivity contribution is 0.589. The number of benzene rings is 1. The SMILES string of the molecule is Cc1cc(Nc2cnc3[nH]c(-c4ccc(Nc5ccnc6ccc(N7CCNCC7)cc56)nc4)nc3c2)ccn1. The van der Waals surface area contributed by atoms with Crippen LogP contribution in [0.4, 0.5) is 28.6 Å². The standard InChI is InChI=1S/C30H28N10/c1-19-14-21(6-8-32-19)36-22-15-27-30(35-18-22)39-29(38-27)20-2-5-28(34-17-20)37-26-7-9-33-25-4-3-23(16-24(25)26)40-12-10-31-11-13-40/h2-9,14-18,31H,10-13H2,1H3,(H,32,36)(H,33,34,37)(H,35,38,39). The van der Waals surface area contributed by atoms with Gasteiger partial charge in [0, 0.05) is 72.8 Å². The molecule has 1 aliphatic rings. The zero-order valence-electron chi connectivity index (χ0n) is 22.0. The van der Waals surface area contributed by atoms with Crippen LogP contribution in [0.5, 0.6) is 0 Å². The van der Waals surface area contributed by atoms with Crippen LogP contribution in [0.3, 0.4) is 0 Å². The molecule has 0 amide bonds. The lowest BCUT2D eigenvalue weighted by Gasteiger charge is -2.29. The maximum Gasteiger partial charge on any atom is 0.157 e. The van der Waals surface area contributed by atoms with Gasteiger partial charge in [-0.15, -0.1) is 0 Å². The molecular formula is C30H28N10. The zero-order valence-corrected chi connectivity index (χ0v) is 22.0. The fraction of sp³-hybridized carbons (Fsp3) is 0.167. The second-order valence-corrected chi connectivity index (χ2v) is 9.84. The molecule has 0 unspecified atom stereocenters. The number of piperazine rings is 1. The fourth-order valence-corrected chi connectivity index (χ4v) is 5.00. The van der Waals surface area contributed by atoms with Crippen molar-refractivity contribution in [1.29, 1.82) is 0 Å². The molecule has 0 radical (unpaired) electrons. The lowest BCUT2D eigenvalue weighted by Crippen LogP contribution is -2.43. The highest BCUT2D eigenvalue weighted by molar-refractivity contribution is 5.95. The summed E-state index contributed by atoms with van der Waals surface area (Å²) in [6.45, 7) is 5.95. The largest absolute Gasteiger partial charge is 0.369 e. The van der Waals surface area contributed by atoms with Gasteiger partial charge in [0.05, 0.1) is 23.1 Å². The quantitative estimate of drug-likeness (QED) is 0.232. The van der Waals surface area contributed by atoms with E-state index in [2.05, 4.69) is 64.0 Å². The normalized spacial score (nSPS) is 13.6. The highest BCUT2D eigenvalue weighted by Crippen LogP contribution is 2.30. The Balaban J connectivity index is 1.11. The summed E-state index contributed by atoms with van der Waals surface area (Å²) >= 11 is 0. The van der Waals surface area contributed by atoms with Crippen LogP contribution in [0, 0.1) is 6.92 Å². The summed E-state index contributed by atoms with van der Waals surface area (Å²) in [7, 11) is 0. The lowest BCUT2D eigenvalue weighted by atomic mass is 10.1. The van der Waals surface area contributed by atoms with Gasteiger partial charge in [-0.3, -0.25) is 9.97 Å². The Bertz CT molecular complexity index is 1810. The molecule has 6 aromatic rings.